The molecule has 0 saturated heterocycles. The molecule has 4 rings (SSSR count). The van der Waals surface area contributed by atoms with E-state index in [0.29, 0.717) is 17.3 Å². The summed E-state index contributed by atoms with van der Waals surface area (Å²) >= 11 is 14.1. The number of methoxy groups -OCH3 is 1. The molecule has 0 aliphatic heterocycles. The van der Waals surface area contributed by atoms with Crippen molar-refractivity contribution in [1.82, 2.24) is 9.97 Å². The van der Waals surface area contributed by atoms with Crippen LogP contribution < -0.4 is 10.1 Å². The number of hydrogen-bond acceptors (Lipinski definition) is 5. The summed E-state index contributed by atoms with van der Waals surface area (Å²) < 4.78 is 5.20. The monoisotopic (exact) mass is 393 g/mol. The standard InChI is InChI=1S/C18H17Cl2N3OS/c1-24-13-7-6-10(8-12(13)19)9-21-16-15-11-4-2-3-5-14(11)25-17(15)23-18(20)22-16/h6-8H,2-5,9H2,1H3,(H,21,22,23). The fraction of sp³-hybridized carbons (Fsp3) is 0.333. The minimum absolute atomic E-state index is 0.279. The van der Waals surface area contributed by atoms with E-state index in [2.05, 4.69) is 15.3 Å². The van der Waals surface area contributed by atoms with E-state index in [1.54, 1.807) is 18.4 Å². The Morgan fingerprint density at radius 2 is 2.04 bits per heavy atom. The van der Waals surface area contributed by atoms with Crippen LogP contribution in [0.25, 0.3) is 10.2 Å². The smallest absolute Gasteiger partial charge is 0.225 e. The number of thiophene rings is 1. The van der Waals surface area contributed by atoms with Crippen molar-refractivity contribution in [2.24, 2.45) is 0 Å². The predicted octanol–water partition coefficient (Wildman–Crippen LogP) is 5.50. The number of nitrogens with zero attached hydrogens (tertiary/aromatic N) is 2. The first-order valence-corrected chi connectivity index (χ1v) is 9.77. The summed E-state index contributed by atoms with van der Waals surface area (Å²) in [6, 6.07) is 5.76. The molecule has 0 radical (unpaired) electrons. The van der Waals surface area contributed by atoms with E-state index in [1.807, 2.05) is 18.2 Å². The fourth-order valence-corrected chi connectivity index (χ4v) is 5.03. The van der Waals surface area contributed by atoms with Crippen LogP contribution in [-0.2, 0) is 19.4 Å². The van der Waals surface area contributed by atoms with Crippen LogP contribution in [0.4, 0.5) is 5.82 Å². The molecule has 2 heterocycles. The van der Waals surface area contributed by atoms with Crippen molar-refractivity contribution in [3.8, 4) is 5.75 Å². The minimum atomic E-state index is 0.279. The summed E-state index contributed by atoms with van der Waals surface area (Å²) in [5.74, 6) is 1.48. The van der Waals surface area contributed by atoms with Gasteiger partial charge < -0.3 is 10.1 Å². The van der Waals surface area contributed by atoms with Gasteiger partial charge in [0.25, 0.3) is 0 Å². The number of ether oxygens (including phenoxy) is 1. The highest BCUT2D eigenvalue weighted by Crippen LogP contribution is 2.39. The number of aryl methyl sites for hydroxylation is 2. The number of aromatic nitrogens is 2. The van der Waals surface area contributed by atoms with Gasteiger partial charge in [-0.2, -0.15) is 0 Å². The second-order valence-corrected chi connectivity index (χ2v) is 7.88. The first-order valence-electron chi connectivity index (χ1n) is 8.20. The lowest BCUT2D eigenvalue weighted by Crippen LogP contribution is -2.05. The average Bonchev–Trinajstić information content (AvgIpc) is 2.97. The molecule has 1 aliphatic carbocycles. The lowest BCUT2D eigenvalue weighted by Gasteiger charge is -2.13. The molecule has 0 unspecified atom stereocenters. The normalized spacial score (nSPS) is 13.7. The van der Waals surface area contributed by atoms with Crippen LogP contribution in [0.5, 0.6) is 5.75 Å². The topological polar surface area (TPSA) is 47.0 Å². The second-order valence-electron chi connectivity index (χ2n) is 6.05. The van der Waals surface area contributed by atoms with Crippen molar-refractivity contribution >= 4 is 50.6 Å². The van der Waals surface area contributed by atoms with E-state index in [-0.39, 0.29) is 5.28 Å². The molecule has 0 spiro atoms. The summed E-state index contributed by atoms with van der Waals surface area (Å²) in [6.45, 7) is 0.608. The minimum Gasteiger partial charge on any atom is -0.495 e. The maximum Gasteiger partial charge on any atom is 0.225 e. The average molecular weight is 394 g/mol. The van der Waals surface area contributed by atoms with Crippen LogP contribution in [0.3, 0.4) is 0 Å². The number of anilines is 1. The van der Waals surface area contributed by atoms with Crippen LogP contribution in [0.1, 0.15) is 28.8 Å². The summed E-state index contributed by atoms with van der Waals surface area (Å²) in [4.78, 5) is 11.3. The van der Waals surface area contributed by atoms with Gasteiger partial charge in [0.1, 0.15) is 16.4 Å². The molecule has 7 heteroatoms. The van der Waals surface area contributed by atoms with E-state index >= 15 is 0 Å². The van der Waals surface area contributed by atoms with Gasteiger partial charge in [-0.3, -0.25) is 0 Å². The molecule has 2 aromatic heterocycles. The van der Waals surface area contributed by atoms with Gasteiger partial charge in [0, 0.05) is 11.4 Å². The number of nitrogens with one attached hydrogen (secondary N) is 1. The van der Waals surface area contributed by atoms with Gasteiger partial charge in [0.15, 0.2) is 0 Å². The van der Waals surface area contributed by atoms with Crippen LogP contribution in [0, 0.1) is 0 Å². The first-order chi connectivity index (χ1) is 12.2. The number of rotatable bonds is 4. The Balaban J connectivity index is 1.67. The molecule has 1 aromatic carbocycles. The van der Waals surface area contributed by atoms with Crippen LogP contribution >= 0.6 is 34.5 Å². The third kappa shape index (κ3) is 3.28. The summed E-state index contributed by atoms with van der Waals surface area (Å²) in [7, 11) is 1.61. The van der Waals surface area contributed by atoms with E-state index in [4.69, 9.17) is 27.9 Å². The Morgan fingerprint density at radius 1 is 1.20 bits per heavy atom. The van der Waals surface area contributed by atoms with E-state index < -0.39 is 0 Å². The van der Waals surface area contributed by atoms with Gasteiger partial charge >= 0.3 is 0 Å². The highest BCUT2D eigenvalue weighted by molar-refractivity contribution is 7.19. The lowest BCUT2D eigenvalue weighted by molar-refractivity contribution is 0.415. The number of halogens is 2. The predicted molar refractivity (Wildman–Crippen MR) is 104 cm³/mol. The Morgan fingerprint density at radius 3 is 2.84 bits per heavy atom. The van der Waals surface area contributed by atoms with Crippen LogP contribution in [0.15, 0.2) is 18.2 Å². The van der Waals surface area contributed by atoms with Crippen molar-refractivity contribution in [1.29, 1.82) is 0 Å². The maximum atomic E-state index is 6.21. The van der Waals surface area contributed by atoms with Crippen molar-refractivity contribution in [2.75, 3.05) is 12.4 Å². The Labute approximate surface area is 160 Å². The zero-order chi connectivity index (χ0) is 17.4. The van der Waals surface area contributed by atoms with Crippen LogP contribution in [-0.4, -0.2) is 17.1 Å². The van der Waals surface area contributed by atoms with Crippen molar-refractivity contribution < 1.29 is 4.74 Å². The molecule has 4 nitrogen and oxygen atoms in total. The molecule has 3 aromatic rings. The number of benzene rings is 1. The maximum absolute atomic E-state index is 6.21. The molecule has 0 fully saturated rings. The lowest BCUT2D eigenvalue weighted by atomic mass is 9.97. The van der Waals surface area contributed by atoms with Gasteiger partial charge in [-0.05, 0) is 60.5 Å². The van der Waals surface area contributed by atoms with E-state index in [0.717, 1.165) is 34.4 Å². The first kappa shape index (κ1) is 16.9. The Kier molecular flexibility index (Phi) is 4.71. The SMILES string of the molecule is COc1ccc(CNc2nc(Cl)nc3sc4c(c23)CCCC4)cc1Cl. The van der Waals surface area contributed by atoms with Gasteiger partial charge in [-0.25, -0.2) is 9.97 Å². The quantitative estimate of drug-likeness (QED) is 0.594. The molecule has 0 amide bonds. The highest BCUT2D eigenvalue weighted by atomic mass is 35.5. The van der Waals surface area contributed by atoms with Crippen molar-refractivity contribution in [3.63, 3.8) is 0 Å². The highest BCUT2D eigenvalue weighted by Gasteiger charge is 2.20. The largest absolute Gasteiger partial charge is 0.495 e. The number of hydrogen-bond donors (Lipinski definition) is 1. The van der Waals surface area contributed by atoms with Crippen molar-refractivity contribution in [2.45, 2.75) is 32.2 Å². The zero-order valence-corrected chi connectivity index (χ0v) is 16.1. The van der Waals surface area contributed by atoms with Crippen molar-refractivity contribution in [3.05, 3.63) is 44.5 Å². The zero-order valence-electron chi connectivity index (χ0n) is 13.7. The molecule has 25 heavy (non-hydrogen) atoms. The second kappa shape index (κ2) is 6.98. The molecular formula is C18H17Cl2N3OS. The van der Waals surface area contributed by atoms with E-state index in [1.165, 1.54) is 23.3 Å². The van der Waals surface area contributed by atoms with Gasteiger partial charge in [0.2, 0.25) is 5.28 Å². The summed E-state index contributed by atoms with van der Waals surface area (Å²) in [6.07, 6.45) is 4.67. The molecular weight excluding hydrogens is 377 g/mol. The summed E-state index contributed by atoms with van der Waals surface area (Å²) in [5, 5.41) is 5.42. The fourth-order valence-electron chi connectivity index (χ4n) is 3.26. The molecule has 0 bridgehead atoms. The third-order valence-electron chi connectivity index (χ3n) is 4.46. The van der Waals surface area contributed by atoms with Crippen LogP contribution in [0.2, 0.25) is 10.3 Å². The summed E-state index contributed by atoms with van der Waals surface area (Å²) in [5.41, 5.74) is 2.44. The molecule has 0 saturated carbocycles. The molecule has 1 aliphatic rings. The number of fused-ring (bicyclic) bond motifs is 3. The molecule has 1 N–H and O–H groups in total. The van der Waals surface area contributed by atoms with Gasteiger partial charge in [-0.15, -0.1) is 11.3 Å². The Bertz CT molecular complexity index is 942. The van der Waals surface area contributed by atoms with E-state index in [9.17, 15) is 0 Å². The Hall–Kier alpha value is -1.56. The van der Waals surface area contributed by atoms with Gasteiger partial charge in [-0.1, -0.05) is 17.7 Å². The molecule has 130 valence electrons. The van der Waals surface area contributed by atoms with Gasteiger partial charge in [0.05, 0.1) is 17.5 Å². The molecule has 0 atom stereocenters. The third-order valence-corrected chi connectivity index (χ3v) is 6.11.